The number of nitrogens with one attached hydrogen (secondary N) is 1. The quantitative estimate of drug-likeness (QED) is 0.244. The molecule has 0 amide bonds. The third-order valence-electron chi connectivity index (χ3n) is 5.50. The largest absolute Gasteiger partial charge is 0.468 e. The lowest BCUT2D eigenvalue weighted by Crippen LogP contribution is -2.48. The number of aliphatic hydroxyl groups is 1. The summed E-state index contributed by atoms with van der Waals surface area (Å²) in [5.74, 6) is -1.32. The number of carbonyl (C=O) groups is 2. The zero-order valence-corrected chi connectivity index (χ0v) is 19.3. The Bertz CT molecular complexity index is 1080. The van der Waals surface area contributed by atoms with Crippen molar-refractivity contribution < 1.29 is 33.6 Å². The zero-order valence-electron chi connectivity index (χ0n) is 19.3. The second-order valence-electron chi connectivity index (χ2n) is 8.18. The van der Waals surface area contributed by atoms with Crippen LogP contribution in [-0.2, 0) is 28.5 Å². The number of nitriles is 1. The topological polar surface area (TPSA) is 183 Å². The Morgan fingerprint density at radius 2 is 2.12 bits per heavy atom. The van der Waals surface area contributed by atoms with Crippen molar-refractivity contribution in [1.82, 2.24) is 19.9 Å². The van der Waals surface area contributed by atoms with E-state index in [0.717, 1.165) is 0 Å². The third-order valence-corrected chi connectivity index (χ3v) is 5.50. The predicted molar refractivity (Wildman–Crippen MR) is 116 cm³/mol. The standard InChI is InChI=1S/C21H28N6O7/c1-11(2)19(29)33-16-15(13-5-6-14-18(23)24-9-26-27(13)14)34-21(7-22,17(16)28)8-32-10-25-12(3)20(30)31-4/h5-6,9,11-12,15-17,25,28H,8,10H2,1-4H3,(H2,23,24,26)/t12-,15-,16-,17-,21+/m0/s1. The Kier molecular flexibility index (Phi) is 7.68. The average molecular weight is 476 g/mol. The molecule has 1 fully saturated rings. The number of anilines is 1. The van der Waals surface area contributed by atoms with Gasteiger partial charge in [-0.3, -0.25) is 14.9 Å². The Morgan fingerprint density at radius 3 is 2.76 bits per heavy atom. The number of rotatable bonds is 9. The van der Waals surface area contributed by atoms with E-state index in [1.54, 1.807) is 32.9 Å². The maximum Gasteiger partial charge on any atom is 0.322 e. The Balaban J connectivity index is 1.87. The summed E-state index contributed by atoms with van der Waals surface area (Å²) in [6, 6.07) is 4.60. The minimum Gasteiger partial charge on any atom is -0.468 e. The highest BCUT2D eigenvalue weighted by molar-refractivity contribution is 5.75. The van der Waals surface area contributed by atoms with Gasteiger partial charge >= 0.3 is 11.9 Å². The molecule has 0 saturated carbocycles. The van der Waals surface area contributed by atoms with Gasteiger partial charge in [0.05, 0.1) is 32.1 Å². The molecule has 3 heterocycles. The van der Waals surface area contributed by atoms with Crippen LogP contribution in [0.15, 0.2) is 18.5 Å². The number of esters is 2. The lowest BCUT2D eigenvalue weighted by atomic mass is 9.96. The van der Waals surface area contributed by atoms with Crippen molar-refractivity contribution >= 4 is 23.3 Å². The van der Waals surface area contributed by atoms with Gasteiger partial charge in [0.1, 0.15) is 36.2 Å². The number of hydrogen-bond acceptors (Lipinski definition) is 12. The average Bonchev–Trinajstić information content (AvgIpc) is 3.37. The first kappa shape index (κ1) is 25.3. The molecule has 13 heteroatoms. The van der Waals surface area contributed by atoms with Gasteiger partial charge in [0.15, 0.2) is 11.9 Å². The molecule has 2 aromatic heterocycles. The maximum absolute atomic E-state index is 12.4. The first-order chi connectivity index (χ1) is 16.1. The molecule has 1 aliphatic rings. The number of aromatic nitrogens is 3. The van der Waals surface area contributed by atoms with E-state index in [0.29, 0.717) is 11.2 Å². The molecule has 34 heavy (non-hydrogen) atoms. The normalized spacial score (nSPS) is 25.3. The van der Waals surface area contributed by atoms with E-state index >= 15 is 0 Å². The summed E-state index contributed by atoms with van der Waals surface area (Å²) < 4.78 is 23.2. The van der Waals surface area contributed by atoms with E-state index in [1.165, 1.54) is 18.0 Å². The Labute approximate surface area is 195 Å². The number of aliphatic hydroxyl groups excluding tert-OH is 1. The summed E-state index contributed by atoms with van der Waals surface area (Å²) in [6.07, 6.45) is -2.58. The third kappa shape index (κ3) is 4.80. The van der Waals surface area contributed by atoms with Crippen LogP contribution in [0.25, 0.3) is 5.52 Å². The molecule has 0 aliphatic carbocycles. The van der Waals surface area contributed by atoms with Gasteiger partial charge in [-0.15, -0.1) is 0 Å². The number of nitrogens with two attached hydrogens (primary N) is 1. The first-order valence-electron chi connectivity index (χ1n) is 10.6. The van der Waals surface area contributed by atoms with Crippen molar-refractivity contribution in [2.75, 3.05) is 26.2 Å². The molecule has 5 atom stereocenters. The van der Waals surface area contributed by atoms with Gasteiger partial charge in [-0.2, -0.15) is 10.4 Å². The van der Waals surface area contributed by atoms with Crippen molar-refractivity contribution in [1.29, 1.82) is 5.26 Å². The summed E-state index contributed by atoms with van der Waals surface area (Å²) >= 11 is 0. The van der Waals surface area contributed by atoms with E-state index in [1.807, 2.05) is 6.07 Å². The van der Waals surface area contributed by atoms with Gasteiger partial charge in [0.25, 0.3) is 0 Å². The summed E-state index contributed by atoms with van der Waals surface area (Å²) in [4.78, 5) is 27.8. The SMILES string of the molecule is COC(=O)[C@H](C)NCOC[C@@]1(C#N)O[C@@H](c2ccc3c(N)ncnn23)[C@H](OC(=O)C(C)C)[C@@H]1O. The molecule has 0 radical (unpaired) electrons. The number of hydrogen-bond donors (Lipinski definition) is 3. The van der Waals surface area contributed by atoms with Crippen LogP contribution in [0.1, 0.15) is 32.6 Å². The van der Waals surface area contributed by atoms with Crippen molar-refractivity contribution in [3.8, 4) is 6.07 Å². The smallest absolute Gasteiger partial charge is 0.322 e. The van der Waals surface area contributed by atoms with E-state index in [9.17, 15) is 20.0 Å². The molecule has 0 aromatic carbocycles. The molecule has 1 saturated heterocycles. The van der Waals surface area contributed by atoms with Gasteiger partial charge in [-0.25, -0.2) is 9.50 Å². The number of methoxy groups -OCH3 is 1. The number of nitrogen functional groups attached to an aromatic ring is 1. The monoisotopic (exact) mass is 476 g/mol. The van der Waals surface area contributed by atoms with Gasteiger partial charge in [-0.1, -0.05) is 13.8 Å². The molecule has 13 nitrogen and oxygen atoms in total. The van der Waals surface area contributed by atoms with Crippen LogP contribution in [-0.4, -0.2) is 75.9 Å². The fraction of sp³-hybridized carbons (Fsp3) is 0.571. The van der Waals surface area contributed by atoms with E-state index < -0.39 is 47.8 Å². The van der Waals surface area contributed by atoms with Crippen molar-refractivity contribution in [3.63, 3.8) is 0 Å². The minimum atomic E-state index is -1.87. The molecule has 4 N–H and O–H groups in total. The molecule has 1 aliphatic heterocycles. The van der Waals surface area contributed by atoms with Crippen molar-refractivity contribution in [3.05, 3.63) is 24.2 Å². The van der Waals surface area contributed by atoms with Gasteiger partial charge in [0.2, 0.25) is 5.60 Å². The number of fused-ring (bicyclic) bond motifs is 1. The lowest BCUT2D eigenvalue weighted by Gasteiger charge is -2.25. The van der Waals surface area contributed by atoms with Gasteiger partial charge in [0, 0.05) is 0 Å². The number of ether oxygens (including phenoxy) is 4. The number of nitrogens with zero attached hydrogens (tertiary/aromatic N) is 4. The molecule has 184 valence electrons. The lowest BCUT2D eigenvalue weighted by molar-refractivity contribution is -0.159. The van der Waals surface area contributed by atoms with E-state index in [2.05, 4.69) is 20.1 Å². The van der Waals surface area contributed by atoms with Crippen LogP contribution < -0.4 is 11.1 Å². The molecule has 3 rings (SSSR count). The summed E-state index contributed by atoms with van der Waals surface area (Å²) in [6.45, 7) is 4.37. The molecular formula is C21H28N6O7. The second-order valence-corrected chi connectivity index (χ2v) is 8.18. The molecule has 0 spiro atoms. The van der Waals surface area contributed by atoms with Crippen molar-refractivity contribution in [2.24, 2.45) is 5.92 Å². The van der Waals surface area contributed by atoms with Crippen LogP contribution >= 0.6 is 0 Å². The fourth-order valence-corrected chi connectivity index (χ4v) is 3.50. The predicted octanol–water partition coefficient (Wildman–Crippen LogP) is -0.301. The second kappa shape index (κ2) is 10.3. The van der Waals surface area contributed by atoms with Crippen LogP contribution in [0, 0.1) is 17.2 Å². The fourth-order valence-electron chi connectivity index (χ4n) is 3.50. The first-order valence-corrected chi connectivity index (χ1v) is 10.6. The van der Waals surface area contributed by atoms with Crippen LogP contribution in [0.2, 0.25) is 0 Å². The Morgan fingerprint density at radius 1 is 1.38 bits per heavy atom. The van der Waals surface area contributed by atoms with E-state index in [-0.39, 0.29) is 19.2 Å². The van der Waals surface area contributed by atoms with Gasteiger partial charge < -0.3 is 29.8 Å². The highest BCUT2D eigenvalue weighted by Gasteiger charge is 2.58. The van der Waals surface area contributed by atoms with Gasteiger partial charge in [-0.05, 0) is 19.1 Å². The Hall–Kier alpha value is -3.31. The molecule has 0 bridgehead atoms. The summed E-state index contributed by atoms with van der Waals surface area (Å²) in [5, 5.41) is 28.0. The highest BCUT2D eigenvalue weighted by atomic mass is 16.6. The maximum atomic E-state index is 12.4. The summed E-state index contributed by atoms with van der Waals surface area (Å²) in [5.41, 5.74) is 4.92. The van der Waals surface area contributed by atoms with Crippen LogP contribution in [0.4, 0.5) is 5.82 Å². The minimum absolute atomic E-state index is 0.130. The molecular weight excluding hydrogens is 448 g/mol. The number of carbonyl (C=O) groups excluding carboxylic acids is 2. The van der Waals surface area contributed by atoms with E-state index in [4.69, 9.17) is 19.9 Å². The molecule has 2 aromatic rings. The zero-order chi connectivity index (χ0) is 25.0. The van der Waals surface area contributed by atoms with Crippen LogP contribution in [0.3, 0.4) is 0 Å². The van der Waals surface area contributed by atoms with Crippen LogP contribution in [0.5, 0.6) is 0 Å². The summed E-state index contributed by atoms with van der Waals surface area (Å²) in [7, 11) is 1.26. The van der Waals surface area contributed by atoms with Crippen molar-refractivity contribution in [2.45, 2.75) is 50.7 Å². The highest BCUT2D eigenvalue weighted by Crippen LogP contribution is 2.42. The molecule has 0 unspecified atom stereocenters.